The summed E-state index contributed by atoms with van der Waals surface area (Å²) in [5.41, 5.74) is 0. The number of nitrogens with one attached hydrogen (secondary N) is 1. The molecule has 0 aromatic rings. The lowest BCUT2D eigenvalue weighted by Gasteiger charge is -2.30. The van der Waals surface area contributed by atoms with Gasteiger partial charge in [0.05, 0.1) is 12.2 Å². The molecule has 2 fully saturated rings. The predicted molar refractivity (Wildman–Crippen MR) is 74.5 cm³/mol. The van der Waals surface area contributed by atoms with Gasteiger partial charge in [0.2, 0.25) is 0 Å². The van der Waals surface area contributed by atoms with Crippen molar-refractivity contribution >= 4 is 19.0 Å². The molecule has 2 saturated carbocycles. The van der Waals surface area contributed by atoms with Crippen molar-refractivity contribution in [2.24, 2.45) is 0 Å². The lowest BCUT2D eigenvalue weighted by molar-refractivity contribution is 0.104. The zero-order chi connectivity index (χ0) is 12.1. The molecule has 0 atom stereocenters. The van der Waals surface area contributed by atoms with Gasteiger partial charge in [0.25, 0.3) is 6.71 Å². The summed E-state index contributed by atoms with van der Waals surface area (Å²) in [6.45, 7) is -2.64. The van der Waals surface area contributed by atoms with Crippen LogP contribution in [0.25, 0.3) is 0 Å². The molecule has 0 radical (unpaired) electrons. The topological polar surface area (TPSA) is 42.3 Å². The van der Waals surface area contributed by atoms with E-state index in [-0.39, 0.29) is 12.2 Å². The van der Waals surface area contributed by atoms with E-state index in [0.29, 0.717) is 0 Å². The standard InChI is InChI=1S/C12H24NO2PS/c13-16(17,14-11-7-3-1-4-8-11)15-12-9-5-2-6-10-12/h11-12H,1-10H2,(H2,13,17). The SMILES string of the molecule is N=P(S)(OC1CCCCC1)OC1CCCCC1. The molecule has 3 nitrogen and oxygen atoms in total. The van der Waals surface area contributed by atoms with Gasteiger partial charge in [0, 0.05) is 0 Å². The molecule has 0 aromatic carbocycles. The third-order valence-electron chi connectivity index (χ3n) is 3.69. The number of rotatable bonds is 4. The molecule has 0 saturated heterocycles. The molecule has 1 N–H and O–H groups in total. The molecule has 2 aliphatic carbocycles. The first-order chi connectivity index (χ1) is 8.16. The van der Waals surface area contributed by atoms with Crippen molar-refractivity contribution in [3.05, 3.63) is 0 Å². The molecule has 0 aliphatic heterocycles. The first kappa shape index (κ1) is 13.9. The van der Waals surface area contributed by atoms with E-state index in [2.05, 4.69) is 12.2 Å². The molecule has 5 heteroatoms. The van der Waals surface area contributed by atoms with Crippen LogP contribution in [0.1, 0.15) is 64.2 Å². The molecule has 100 valence electrons. The lowest BCUT2D eigenvalue weighted by atomic mass is 9.98. The van der Waals surface area contributed by atoms with Crippen molar-refractivity contribution in [1.82, 2.24) is 0 Å². The molecule has 0 unspecified atom stereocenters. The van der Waals surface area contributed by atoms with E-state index in [1.54, 1.807) is 0 Å². The van der Waals surface area contributed by atoms with Crippen molar-refractivity contribution in [1.29, 1.82) is 5.16 Å². The van der Waals surface area contributed by atoms with Crippen molar-refractivity contribution in [2.45, 2.75) is 76.4 Å². The van der Waals surface area contributed by atoms with Gasteiger partial charge in [-0.2, -0.15) is 0 Å². The van der Waals surface area contributed by atoms with Crippen molar-refractivity contribution < 1.29 is 9.05 Å². The second kappa shape index (κ2) is 6.60. The van der Waals surface area contributed by atoms with E-state index in [4.69, 9.17) is 14.2 Å². The van der Waals surface area contributed by atoms with E-state index in [1.165, 1.54) is 38.5 Å². The maximum atomic E-state index is 8.13. The molecular formula is C12H24NO2PS. The van der Waals surface area contributed by atoms with Gasteiger partial charge in [-0.25, -0.2) is 0 Å². The summed E-state index contributed by atoms with van der Waals surface area (Å²) in [5.74, 6) is 0. The number of hydrogen-bond acceptors (Lipinski definition) is 3. The molecule has 0 amide bonds. The van der Waals surface area contributed by atoms with Crippen molar-refractivity contribution in [3.8, 4) is 0 Å². The highest BCUT2D eigenvalue weighted by Crippen LogP contribution is 2.57. The average Bonchev–Trinajstić information content (AvgIpc) is 2.30. The molecule has 2 aliphatic rings. The zero-order valence-corrected chi connectivity index (χ0v) is 12.2. The molecule has 0 spiro atoms. The normalized spacial score (nSPS) is 25.0. The number of thiol groups is 1. The molecular weight excluding hydrogens is 253 g/mol. The quantitative estimate of drug-likeness (QED) is 0.552. The van der Waals surface area contributed by atoms with Gasteiger partial charge >= 0.3 is 0 Å². The zero-order valence-electron chi connectivity index (χ0n) is 10.4. The van der Waals surface area contributed by atoms with E-state index in [9.17, 15) is 0 Å². The Morgan fingerprint density at radius 2 is 1.12 bits per heavy atom. The monoisotopic (exact) mass is 277 g/mol. The first-order valence-electron chi connectivity index (χ1n) is 6.89. The summed E-state index contributed by atoms with van der Waals surface area (Å²) in [4.78, 5) is 0. The smallest absolute Gasteiger partial charge is 0.267 e. The van der Waals surface area contributed by atoms with Crippen LogP contribution in [-0.4, -0.2) is 12.2 Å². The molecule has 0 heterocycles. The molecule has 17 heavy (non-hydrogen) atoms. The first-order valence-corrected chi connectivity index (χ1v) is 9.67. The minimum Gasteiger partial charge on any atom is -0.313 e. The van der Waals surface area contributed by atoms with E-state index in [0.717, 1.165) is 25.7 Å². The maximum Gasteiger partial charge on any atom is 0.267 e. The van der Waals surface area contributed by atoms with Crippen LogP contribution in [0.15, 0.2) is 0 Å². The summed E-state index contributed by atoms with van der Waals surface area (Å²) < 4.78 is 11.6. The summed E-state index contributed by atoms with van der Waals surface area (Å²) in [6.07, 6.45) is 12.3. The summed E-state index contributed by atoms with van der Waals surface area (Å²) in [6, 6.07) is 0. The van der Waals surface area contributed by atoms with Crippen LogP contribution < -0.4 is 0 Å². The van der Waals surface area contributed by atoms with Crippen LogP contribution in [0.4, 0.5) is 0 Å². The minimum atomic E-state index is -2.64. The Hall–Kier alpha value is 0.500. The Balaban J connectivity index is 1.78. The van der Waals surface area contributed by atoms with Crippen LogP contribution in [0, 0.1) is 5.16 Å². The molecule has 0 bridgehead atoms. The second-order valence-corrected chi connectivity index (χ2v) is 8.29. The fraction of sp³-hybridized carbons (Fsp3) is 1.00. The number of hydrogen-bond donors (Lipinski definition) is 2. The van der Waals surface area contributed by atoms with Crippen LogP contribution in [-0.2, 0) is 9.05 Å². The Morgan fingerprint density at radius 1 is 0.765 bits per heavy atom. The van der Waals surface area contributed by atoms with Crippen molar-refractivity contribution in [3.63, 3.8) is 0 Å². The van der Waals surface area contributed by atoms with Gasteiger partial charge in [-0.05, 0) is 25.7 Å². The fourth-order valence-electron chi connectivity index (χ4n) is 2.77. The lowest BCUT2D eigenvalue weighted by Crippen LogP contribution is -2.18. The van der Waals surface area contributed by atoms with E-state index in [1.807, 2.05) is 0 Å². The molecule has 0 aromatic heterocycles. The van der Waals surface area contributed by atoms with Crippen molar-refractivity contribution in [2.75, 3.05) is 0 Å². The second-order valence-electron chi connectivity index (χ2n) is 5.25. The largest absolute Gasteiger partial charge is 0.313 e. The van der Waals surface area contributed by atoms with E-state index >= 15 is 0 Å². The summed E-state index contributed by atoms with van der Waals surface area (Å²) in [7, 11) is 0. The van der Waals surface area contributed by atoms with Crippen LogP contribution >= 0.6 is 19.0 Å². The van der Waals surface area contributed by atoms with Gasteiger partial charge in [-0.3, -0.25) is 5.16 Å². The Bertz CT molecular complexity index is 252. The molecule has 2 rings (SSSR count). The van der Waals surface area contributed by atoms with Crippen LogP contribution in [0.3, 0.4) is 0 Å². The predicted octanol–water partition coefficient (Wildman–Crippen LogP) is 5.14. The van der Waals surface area contributed by atoms with Gasteiger partial charge in [0.1, 0.15) is 0 Å². The highest BCUT2D eigenvalue weighted by molar-refractivity contribution is 8.45. The highest BCUT2D eigenvalue weighted by atomic mass is 32.7. The van der Waals surface area contributed by atoms with Gasteiger partial charge < -0.3 is 9.05 Å². The van der Waals surface area contributed by atoms with Gasteiger partial charge in [0.15, 0.2) is 0 Å². The Labute approximate surface area is 110 Å². The Kier molecular flexibility index (Phi) is 5.41. The fourth-order valence-corrected chi connectivity index (χ4v) is 4.85. The third-order valence-corrected chi connectivity index (χ3v) is 5.42. The van der Waals surface area contributed by atoms with Gasteiger partial charge in [-0.15, -0.1) is 0 Å². The maximum absolute atomic E-state index is 8.13. The van der Waals surface area contributed by atoms with Gasteiger partial charge in [-0.1, -0.05) is 50.8 Å². The van der Waals surface area contributed by atoms with Crippen LogP contribution in [0.2, 0.25) is 0 Å². The summed E-state index contributed by atoms with van der Waals surface area (Å²) in [5, 5.41) is 8.13. The average molecular weight is 277 g/mol. The minimum absolute atomic E-state index is 0.218. The van der Waals surface area contributed by atoms with E-state index < -0.39 is 6.71 Å². The highest BCUT2D eigenvalue weighted by Gasteiger charge is 2.26. The van der Waals surface area contributed by atoms with Crippen LogP contribution in [0.5, 0.6) is 0 Å². The Morgan fingerprint density at radius 3 is 1.47 bits per heavy atom. The third kappa shape index (κ3) is 4.94. The summed E-state index contributed by atoms with van der Waals surface area (Å²) >= 11 is 4.34.